The van der Waals surface area contributed by atoms with E-state index in [1.54, 1.807) is 18.2 Å². The Bertz CT molecular complexity index is 756. The molecule has 1 aromatic carbocycles. The largest absolute Gasteiger partial charge is 0.483 e. The van der Waals surface area contributed by atoms with Crippen molar-refractivity contribution in [2.45, 2.75) is 20.4 Å². The molecule has 0 bridgehead atoms. The summed E-state index contributed by atoms with van der Waals surface area (Å²) in [5.74, 6) is -1.39. The molecule has 0 saturated carbocycles. The van der Waals surface area contributed by atoms with Gasteiger partial charge >= 0.3 is 11.8 Å². The fraction of sp³-hybridized carbons (Fsp3) is 0.235. The van der Waals surface area contributed by atoms with Crippen LogP contribution in [0.1, 0.15) is 16.9 Å². The van der Waals surface area contributed by atoms with Crippen molar-refractivity contribution in [2.24, 2.45) is 0 Å². The first-order chi connectivity index (χ1) is 12.0. The summed E-state index contributed by atoms with van der Waals surface area (Å²) in [6, 6.07) is 8.82. The summed E-state index contributed by atoms with van der Waals surface area (Å²) in [4.78, 5) is 34.8. The second-order valence-electron chi connectivity index (χ2n) is 5.25. The molecule has 0 saturated heterocycles. The average Bonchev–Trinajstić information content (AvgIpc) is 3.12. The third-order valence-corrected chi connectivity index (χ3v) is 3.44. The van der Waals surface area contributed by atoms with Gasteiger partial charge in [0.05, 0.1) is 12.8 Å². The number of rotatable bonds is 5. The first kappa shape index (κ1) is 18.1. The topological polar surface area (TPSA) is 110 Å². The molecule has 1 heterocycles. The van der Waals surface area contributed by atoms with E-state index in [-0.39, 0.29) is 13.2 Å². The van der Waals surface area contributed by atoms with Crippen LogP contribution in [0, 0.1) is 13.8 Å². The first-order valence-electron chi connectivity index (χ1n) is 7.56. The molecule has 3 amide bonds. The minimum Gasteiger partial charge on any atom is -0.483 e. The van der Waals surface area contributed by atoms with Crippen LogP contribution in [0.3, 0.4) is 0 Å². The summed E-state index contributed by atoms with van der Waals surface area (Å²) in [6.45, 7) is 3.60. The van der Waals surface area contributed by atoms with E-state index < -0.39 is 17.7 Å². The Balaban J connectivity index is 1.70. The van der Waals surface area contributed by atoms with Crippen molar-refractivity contribution in [1.82, 2.24) is 16.2 Å². The van der Waals surface area contributed by atoms with Gasteiger partial charge in [0.25, 0.3) is 5.91 Å². The highest BCUT2D eigenvalue weighted by Gasteiger charge is 2.14. The lowest BCUT2D eigenvalue weighted by molar-refractivity contribution is -0.141. The Hall–Kier alpha value is -3.29. The average molecular weight is 345 g/mol. The van der Waals surface area contributed by atoms with Gasteiger partial charge in [-0.25, -0.2) is 0 Å². The quantitative estimate of drug-likeness (QED) is 0.547. The molecule has 0 aliphatic rings. The van der Waals surface area contributed by atoms with Crippen LogP contribution in [-0.2, 0) is 20.9 Å². The molecular formula is C17H19N3O5. The van der Waals surface area contributed by atoms with Crippen LogP contribution >= 0.6 is 0 Å². The predicted octanol–water partition coefficient (Wildman–Crippen LogP) is 0.739. The van der Waals surface area contributed by atoms with Crippen LogP contribution < -0.4 is 20.9 Å². The van der Waals surface area contributed by atoms with Crippen molar-refractivity contribution in [2.75, 3.05) is 6.61 Å². The minimum absolute atomic E-state index is 0.0724. The van der Waals surface area contributed by atoms with Gasteiger partial charge in [-0.3, -0.25) is 25.2 Å². The van der Waals surface area contributed by atoms with Crippen LogP contribution in [-0.4, -0.2) is 24.3 Å². The normalized spacial score (nSPS) is 10.0. The summed E-state index contributed by atoms with van der Waals surface area (Å²) in [5.41, 5.74) is 6.10. The SMILES string of the molecule is Cc1cccc(OCC(=O)NNC(=O)C(=O)NCc2ccco2)c1C. The van der Waals surface area contributed by atoms with Crippen LogP contribution in [0.4, 0.5) is 0 Å². The van der Waals surface area contributed by atoms with E-state index in [0.717, 1.165) is 11.1 Å². The lowest BCUT2D eigenvalue weighted by atomic mass is 10.1. The van der Waals surface area contributed by atoms with Crippen LogP contribution in [0.25, 0.3) is 0 Å². The van der Waals surface area contributed by atoms with Crippen molar-refractivity contribution in [1.29, 1.82) is 0 Å². The van der Waals surface area contributed by atoms with Gasteiger partial charge in [0.1, 0.15) is 11.5 Å². The lowest BCUT2D eigenvalue weighted by Gasteiger charge is -2.11. The number of hydrogen-bond donors (Lipinski definition) is 3. The zero-order valence-corrected chi connectivity index (χ0v) is 13.9. The van der Waals surface area contributed by atoms with E-state index >= 15 is 0 Å². The van der Waals surface area contributed by atoms with Gasteiger partial charge in [-0.2, -0.15) is 0 Å². The van der Waals surface area contributed by atoms with Crippen molar-refractivity contribution >= 4 is 17.7 Å². The van der Waals surface area contributed by atoms with E-state index in [4.69, 9.17) is 9.15 Å². The Labute approximate surface area is 144 Å². The van der Waals surface area contributed by atoms with Crippen molar-refractivity contribution in [3.63, 3.8) is 0 Å². The summed E-state index contributed by atoms with van der Waals surface area (Å²) >= 11 is 0. The molecular weight excluding hydrogens is 326 g/mol. The Kier molecular flexibility index (Phi) is 6.16. The van der Waals surface area contributed by atoms with Gasteiger partial charge in [0, 0.05) is 0 Å². The lowest BCUT2D eigenvalue weighted by Crippen LogP contribution is -2.49. The van der Waals surface area contributed by atoms with Crippen molar-refractivity contribution in [3.05, 3.63) is 53.5 Å². The van der Waals surface area contributed by atoms with E-state index in [2.05, 4.69) is 10.7 Å². The van der Waals surface area contributed by atoms with Crippen LogP contribution in [0.15, 0.2) is 41.0 Å². The molecule has 1 aromatic heterocycles. The number of amides is 3. The maximum absolute atomic E-state index is 11.7. The van der Waals surface area contributed by atoms with Gasteiger partial charge in [-0.15, -0.1) is 0 Å². The van der Waals surface area contributed by atoms with Crippen molar-refractivity contribution < 1.29 is 23.5 Å². The second-order valence-corrected chi connectivity index (χ2v) is 5.25. The monoisotopic (exact) mass is 345 g/mol. The van der Waals surface area contributed by atoms with Crippen molar-refractivity contribution in [3.8, 4) is 5.75 Å². The highest BCUT2D eigenvalue weighted by atomic mass is 16.5. The molecule has 3 N–H and O–H groups in total. The number of ether oxygens (including phenoxy) is 1. The minimum atomic E-state index is -0.994. The van der Waals surface area contributed by atoms with Crippen LogP contribution in [0.2, 0.25) is 0 Å². The Morgan fingerprint density at radius 1 is 1.04 bits per heavy atom. The third kappa shape index (κ3) is 5.38. The first-order valence-corrected chi connectivity index (χ1v) is 7.56. The molecule has 8 nitrogen and oxygen atoms in total. The molecule has 2 rings (SSSR count). The smallest absolute Gasteiger partial charge is 0.327 e. The van der Waals surface area contributed by atoms with Crippen LogP contribution in [0.5, 0.6) is 5.75 Å². The molecule has 0 atom stereocenters. The van der Waals surface area contributed by atoms with E-state index in [0.29, 0.717) is 11.5 Å². The zero-order chi connectivity index (χ0) is 18.2. The molecule has 2 aromatic rings. The van der Waals surface area contributed by atoms with Gasteiger partial charge in [0.2, 0.25) is 0 Å². The number of hydrogen-bond acceptors (Lipinski definition) is 5. The number of aryl methyl sites for hydroxylation is 1. The maximum atomic E-state index is 11.7. The zero-order valence-electron chi connectivity index (χ0n) is 13.9. The Morgan fingerprint density at radius 3 is 2.56 bits per heavy atom. The molecule has 0 fully saturated rings. The Morgan fingerprint density at radius 2 is 1.84 bits per heavy atom. The number of nitrogens with one attached hydrogen (secondary N) is 3. The fourth-order valence-corrected chi connectivity index (χ4v) is 1.90. The summed E-state index contributed by atoms with van der Waals surface area (Å²) in [6.07, 6.45) is 1.46. The standard InChI is InChI=1S/C17H19N3O5/c1-11-5-3-7-14(12(11)2)25-10-15(21)19-20-17(23)16(22)18-9-13-6-4-8-24-13/h3-8H,9-10H2,1-2H3,(H,18,22)(H,19,21)(H,20,23). The van der Waals surface area contributed by atoms with E-state index in [1.807, 2.05) is 31.4 Å². The van der Waals surface area contributed by atoms with E-state index in [1.165, 1.54) is 6.26 Å². The number of benzene rings is 1. The fourth-order valence-electron chi connectivity index (χ4n) is 1.90. The summed E-state index contributed by atoms with van der Waals surface area (Å²) in [5, 5.41) is 2.35. The molecule has 0 unspecified atom stereocenters. The summed E-state index contributed by atoms with van der Waals surface area (Å²) < 4.78 is 10.4. The molecule has 0 aliphatic heterocycles. The highest BCUT2D eigenvalue weighted by molar-refractivity contribution is 6.35. The summed E-state index contributed by atoms with van der Waals surface area (Å²) in [7, 11) is 0. The van der Waals surface area contributed by atoms with Gasteiger partial charge in [-0.1, -0.05) is 12.1 Å². The third-order valence-electron chi connectivity index (χ3n) is 3.44. The number of hydrazine groups is 1. The number of carbonyl (C=O) groups excluding carboxylic acids is 3. The number of carbonyl (C=O) groups is 3. The van der Waals surface area contributed by atoms with Gasteiger partial charge in [-0.05, 0) is 43.2 Å². The number of furan rings is 1. The highest BCUT2D eigenvalue weighted by Crippen LogP contribution is 2.20. The van der Waals surface area contributed by atoms with E-state index in [9.17, 15) is 14.4 Å². The molecule has 132 valence electrons. The maximum Gasteiger partial charge on any atom is 0.327 e. The van der Waals surface area contributed by atoms with Gasteiger partial charge in [0.15, 0.2) is 6.61 Å². The molecule has 0 radical (unpaired) electrons. The van der Waals surface area contributed by atoms with Gasteiger partial charge < -0.3 is 14.5 Å². The molecule has 8 heteroatoms. The second kappa shape index (κ2) is 8.53. The molecule has 0 aliphatic carbocycles. The molecule has 25 heavy (non-hydrogen) atoms. The molecule has 0 spiro atoms. The predicted molar refractivity (Wildman–Crippen MR) is 88.3 cm³/mol.